The highest BCUT2D eigenvalue weighted by Gasteiger charge is 2.32. The third-order valence-electron chi connectivity index (χ3n) is 4.16. The molecule has 1 nitrogen and oxygen atoms in total. The van der Waals surface area contributed by atoms with Gasteiger partial charge < -0.3 is 5.32 Å². The number of nitrogens with one attached hydrogen (secondary N) is 1. The SMILES string of the molecule is CCNC(c1ccc(C)cc1)C1Cc2ccccc21. The van der Waals surface area contributed by atoms with Crippen LogP contribution in [0.1, 0.15) is 41.1 Å². The first-order valence-electron chi connectivity index (χ1n) is 7.17. The first kappa shape index (κ1) is 12.4. The Labute approximate surface area is 115 Å². The summed E-state index contributed by atoms with van der Waals surface area (Å²) in [5.74, 6) is 0.624. The number of aryl methyl sites for hydroxylation is 1. The molecule has 98 valence electrons. The van der Waals surface area contributed by atoms with Crippen LogP contribution in [-0.2, 0) is 6.42 Å². The van der Waals surface area contributed by atoms with E-state index in [1.807, 2.05) is 0 Å². The number of fused-ring (bicyclic) bond motifs is 1. The Bertz CT molecular complexity index is 556. The van der Waals surface area contributed by atoms with Crippen molar-refractivity contribution in [2.24, 2.45) is 0 Å². The molecule has 1 N–H and O–H groups in total. The Morgan fingerprint density at radius 1 is 1.11 bits per heavy atom. The standard InChI is InChI=1S/C18H21N/c1-3-19-18(14-10-8-13(2)9-11-14)17-12-15-6-4-5-7-16(15)17/h4-11,17-19H,3,12H2,1-2H3. The lowest BCUT2D eigenvalue weighted by molar-refractivity contribution is 0.420. The Morgan fingerprint density at radius 3 is 2.53 bits per heavy atom. The molecule has 0 radical (unpaired) electrons. The van der Waals surface area contributed by atoms with E-state index in [2.05, 4.69) is 67.7 Å². The quantitative estimate of drug-likeness (QED) is 0.866. The van der Waals surface area contributed by atoms with Crippen molar-refractivity contribution in [2.75, 3.05) is 6.54 Å². The fourth-order valence-electron chi connectivity index (χ4n) is 3.08. The lowest BCUT2D eigenvalue weighted by Gasteiger charge is -2.37. The highest BCUT2D eigenvalue weighted by atomic mass is 14.9. The summed E-state index contributed by atoms with van der Waals surface area (Å²) < 4.78 is 0. The van der Waals surface area contributed by atoms with Crippen LogP contribution in [0.4, 0.5) is 0 Å². The van der Waals surface area contributed by atoms with Crippen molar-refractivity contribution in [1.29, 1.82) is 0 Å². The molecule has 0 aliphatic heterocycles. The summed E-state index contributed by atoms with van der Waals surface area (Å²) in [5, 5.41) is 3.66. The molecule has 1 heteroatoms. The Morgan fingerprint density at radius 2 is 1.84 bits per heavy atom. The summed E-state index contributed by atoms with van der Waals surface area (Å²) in [5.41, 5.74) is 5.77. The number of hydrogen-bond acceptors (Lipinski definition) is 1. The molecule has 0 bridgehead atoms. The van der Waals surface area contributed by atoms with Crippen molar-refractivity contribution in [3.05, 3.63) is 70.8 Å². The van der Waals surface area contributed by atoms with E-state index in [1.54, 1.807) is 0 Å². The summed E-state index contributed by atoms with van der Waals surface area (Å²) in [6, 6.07) is 18.2. The Hall–Kier alpha value is -1.60. The fraction of sp³-hybridized carbons (Fsp3) is 0.333. The molecule has 0 fully saturated rings. The maximum atomic E-state index is 3.66. The summed E-state index contributed by atoms with van der Waals surface area (Å²) in [6.07, 6.45) is 1.20. The Kier molecular flexibility index (Phi) is 3.39. The lowest BCUT2D eigenvalue weighted by Crippen LogP contribution is -2.33. The fourth-order valence-corrected chi connectivity index (χ4v) is 3.08. The van der Waals surface area contributed by atoms with Gasteiger partial charge in [-0.1, -0.05) is 61.0 Å². The molecule has 1 aliphatic rings. The van der Waals surface area contributed by atoms with Crippen LogP contribution >= 0.6 is 0 Å². The highest BCUT2D eigenvalue weighted by Crippen LogP contribution is 2.43. The second-order valence-corrected chi connectivity index (χ2v) is 5.46. The molecule has 0 spiro atoms. The first-order chi connectivity index (χ1) is 9.29. The number of benzene rings is 2. The van der Waals surface area contributed by atoms with Crippen molar-refractivity contribution in [1.82, 2.24) is 5.32 Å². The van der Waals surface area contributed by atoms with Gasteiger partial charge in [-0.15, -0.1) is 0 Å². The molecule has 19 heavy (non-hydrogen) atoms. The molecule has 0 saturated carbocycles. The van der Waals surface area contributed by atoms with Crippen molar-refractivity contribution < 1.29 is 0 Å². The molecule has 2 aromatic carbocycles. The van der Waals surface area contributed by atoms with Crippen LogP contribution in [-0.4, -0.2) is 6.54 Å². The molecule has 1 aliphatic carbocycles. The van der Waals surface area contributed by atoms with Gasteiger partial charge in [-0.3, -0.25) is 0 Å². The molecular weight excluding hydrogens is 230 g/mol. The van der Waals surface area contributed by atoms with E-state index < -0.39 is 0 Å². The van der Waals surface area contributed by atoms with Gasteiger partial charge in [0.05, 0.1) is 0 Å². The average Bonchev–Trinajstić information content (AvgIpc) is 2.40. The zero-order valence-electron chi connectivity index (χ0n) is 11.7. The smallest absolute Gasteiger partial charge is 0.0392 e. The molecule has 0 saturated heterocycles. The van der Waals surface area contributed by atoms with Gasteiger partial charge in [-0.25, -0.2) is 0 Å². The average molecular weight is 251 g/mol. The predicted octanol–water partition coefficient (Wildman–Crippen LogP) is 3.99. The van der Waals surface area contributed by atoms with Crippen molar-refractivity contribution >= 4 is 0 Å². The predicted molar refractivity (Wildman–Crippen MR) is 80.5 cm³/mol. The molecular formula is C18H21N. The normalized spacial score (nSPS) is 18.5. The minimum Gasteiger partial charge on any atom is -0.310 e. The first-order valence-corrected chi connectivity index (χ1v) is 7.17. The largest absolute Gasteiger partial charge is 0.310 e. The van der Waals surface area contributed by atoms with Crippen molar-refractivity contribution in [3.63, 3.8) is 0 Å². The van der Waals surface area contributed by atoms with E-state index in [9.17, 15) is 0 Å². The van der Waals surface area contributed by atoms with Crippen LogP contribution in [0, 0.1) is 6.92 Å². The zero-order chi connectivity index (χ0) is 13.2. The van der Waals surface area contributed by atoms with Crippen LogP contribution in [0.5, 0.6) is 0 Å². The van der Waals surface area contributed by atoms with E-state index in [-0.39, 0.29) is 0 Å². The monoisotopic (exact) mass is 251 g/mol. The maximum Gasteiger partial charge on any atom is 0.0392 e. The van der Waals surface area contributed by atoms with E-state index in [4.69, 9.17) is 0 Å². The second kappa shape index (κ2) is 5.18. The van der Waals surface area contributed by atoms with Crippen LogP contribution in [0.15, 0.2) is 48.5 Å². The summed E-state index contributed by atoms with van der Waals surface area (Å²) in [4.78, 5) is 0. The third kappa shape index (κ3) is 2.31. The number of likely N-dealkylation sites (N-methyl/N-ethyl adjacent to an activating group) is 1. The molecule has 0 heterocycles. The van der Waals surface area contributed by atoms with Gasteiger partial charge in [-0.05, 0) is 36.6 Å². The van der Waals surface area contributed by atoms with E-state index >= 15 is 0 Å². The molecule has 0 aromatic heterocycles. The highest BCUT2D eigenvalue weighted by molar-refractivity contribution is 5.43. The van der Waals surface area contributed by atoms with Gasteiger partial charge in [-0.2, -0.15) is 0 Å². The number of rotatable bonds is 4. The van der Waals surface area contributed by atoms with Gasteiger partial charge in [0.2, 0.25) is 0 Å². The Balaban J connectivity index is 1.89. The van der Waals surface area contributed by atoms with Crippen molar-refractivity contribution in [3.8, 4) is 0 Å². The second-order valence-electron chi connectivity index (χ2n) is 5.46. The van der Waals surface area contributed by atoms with Crippen molar-refractivity contribution in [2.45, 2.75) is 32.2 Å². The van der Waals surface area contributed by atoms with E-state index in [0.717, 1.165) is 6.54 Å². The lowest BCUT2D eigenvalue weighted by atomic mass is 9.71. The van der Waals surface area contributed by atoms with Gasteiger partial charge >= 0.3 is 0 Å². The van der Waals surface area contributed by atoms with Gasteiger partial charge in [0.15, 0.2) is 0 Å². The maximum absolute atomic E-state index is 3.66. The summed E-state index contributed by atoms with van der Waals surface area (Å²) in [7, 11) is 0. The van der Waals surface area contributed by atoms with E-state index in [0.29, 0.717) is 12.0 Å². The van der Waals surface area contributed by atoms with Crippen LogP contribution in [0.2, 0.25) is 0 Å². The third-order valence-corrected chi connectivity index (χ3v) is 4.16. The summed E-state index contributed by atoms with van der Waals surface area (Å²) >= 11 is 0. The van der Waals surface area contributed by atoms with Gasteiger partial charge in [0, 0.05) is 12.0 Å². The molecule has 2 atom stereocenters. The number of hydrogen-bond donors (Lipinski definition) is 1. The minimum absolute atomic E-state index is 0.445. The molecule has 0 amide bonds. The molecule has 2 unspecified atom stereocenters. The van der Waals surface area contributed by atoms with Gasteiger partial charge in [0.25, 0.3) is 0 Å². The van der Waals surface area contributed by atoms with Crippen LogP contribution in [0.25, 0.3) is 0 Å². The zero-order valence-corrected chi connectivity index (χ0v) is 11.7. The molecule has 3 rings (SSSR count). The molecule has 2 aromatic rings. The summed E-state index contributed by atoms with van der Waals surface area (Å²) in [6.45, 7) is 5.34. The van der Waals surface area contributed by atoms with Crippen LogP contribution < -0.4 is 5.32 Å². The topological polar surface area (TPSA) is 12.0 Å². The minimum atomic E-state index is 0.445. The van der Waals surface area contributed by atoms with Crippen LogP contribution in [0.3, 0.4) is 0 Å². The van der Waals surface area contributed by atoms with Gasteiger partial charge in [0.1, 0.15) is 0 Å². The van der Waals surface area contributed by atoms with E-state index in [1.165, 1.54) is 28.7 Å².